The van der Waals surface area contributed by atoms with Gasteiger partial charge in [-0.25, -0.2) is 0 Å². The van der Waals surface area contributed by atoms with Gasteiger partial charge in [0.1, 0.15) is 5.75 Å². The number of ether oxygens (including phenoxy) is 1. The Morgan fingerprint density at radius 1 is 1.39 bits per heavy atom. The maximum absolute atomic E-state index is 5.88. The summed E-state index contributed by atoms with van der Waals surface area (Å²) < 4.78 is 5.25. The maximum Gasteiger partial charge on any atom is 0.121 e. The van der Waals surface area contributed by atoms with Crippen LogP contribution in [0.3, 0.4) is 0 Å². The zero-order valence-corrected chi connectivity index (χ0v) is 12.6. The summed E-state index contributed by atoms with van der Waals surface area (Å²) in [6.45, 7) is 3.14. The van der Waals surface area contributed by atoms with Crippen LogP contribution in [0.4, 0.5) is 5.69 Å². The van der Waals surface area contributed by atoms with Crippen LogP contribution in [0.2, 0.25) is 0 Å². The Balaban J connectivity index is 2.73. The lowest BCUT2D eigenvalue weighted by atomic mass is 10.1. The second kappa shape index (κ2) is 7.54. The molecule has 0 amide bonds. The predicted molar refractivity (Wildman–Crippen MR) is 81.3 cm³/mol. The molecule has 0 aliphatic heterocycles. The van der Waals surface area contributed by atoms with Crippen molar-refractivity contribution < 1.29 is 4.74 Å². The van der Waals surface area contributed by atoms with Crippen LogP contribution in [0.5, 0.6) is 5.75 Å². The summed E-state index contributed by atoms with van der Waals surface area (Å²) in [5, 5.41) is 0. The van der Waals surface area contributed by atoms with Crippen molar-refractivity contribution in [3.63, 3.8) is 0 Å². The van der Waals surface area contributed by atoms with Crippen LogP contribution < -0.4 is 10.5 Å². The minimum Gasteiger partial charge on any atom is -0.497 e. The normalized spacial score (nSPS) is 12.7. The molecule has 0 saturated heterocycles. The lowest BCUT2D eigenvalue weighted by Gasteiger charge is -2.26. The molecular weight excluding hydrogens is 244 g/mol. The SMILES string of the molecule is CCC(CSC)N(C)Cc1cc(N)cc(OC)c1. The summed E-state index contributed by atoms with van der Waals surface area (Å²) in [4.78, 5) is 2.38. The highest BCUT2D eigenvalue weighted by Crippen LogP contribution is 2.20. The van der Waals surface area contributed by atoms with E-state index in [0.717, 1.165) is 30.2 Å². The number of rotatable bonds is 7. The van der Waals surface area contributed by atoms with Gasteiger partial charge in [-0.3, -0.25) is 4.90 Å². The predicted octanol–water partition coefficient (Wildman–Crippen LogP) is 2.85. The Morgan fingerprint density at radius 3 is 2.67 bits per heavy atom. The maximum atomic E-state index is 5.88. The van der Waals surface area contributed by atoms with E-state index >= 15 is 0 Å². The molecule has 0 radical (unpaired) electrons. The molecule has 3 nitrogen and oxygen atoms in total. The van der Waals surface area contributed by atoms with E-state index in [1.165, 1.54) is 5.56 Å². The third kappa shape index (κ3) is 4.42. The van der Waals surface area contributed by atoms with E-state index in [1.807, 2.05) is 23.9 Å². The van der Waals surface area contributed by atoms with Gasteiger partial charge >= 0.3 is 0 Å². The fourth-order valence-corrected chi connectivity index (χ4v) is 2.94. The Hall–Kier alpha value is -0.870. The van der Waals surface area contributed by atoms with E-state index in [-0.39, 0.29) is 0 Å². The molecule has 0 spiro atoms. The second-order valence-electron chi connectivity index (χ2n) is 4.55. The van der Waals surface area contributed by atoms with Gasteiger partial charge in [0.25, 0.3) is 0 Å². The summed E-state index contributed by atoms with van der Waals surface area (Å²) in [6.07, 6.45) is 3.32. The average Bonchev–Trinajstić information content (AvgIpc) is 2.34. The lowest BCUT2D eigenvalue weighted by Crippen LogP contribution is -2.32. The molecule has 1 aromatic carbocycles. The molecule has 0 aromatic heterocycles. The van der Waals surface area contributed by atoms with E-state index in [9.17, 15) is 0 Å². The van der Waals surface area contributed by atoms with Crippen LogP contribution in [0.25, 0.3) is 0 Å². The van der Waals surface area contributed by atoms with Crippen molar-refractivity contribution in [2.75, 3.05) is 31.9 Å². The molecule has 1 rings (SSSR count). The molecule has 0 fully saturated rings. The molecule has 2 N–H and O–H groups in total. The van der Waals surface area contributed by atoms with Gasteiger partial charge < -0.3 is 10.5 Å². The molecule has 1 atom stereocenters. The number of hydrogen-bond acceptors (Lipinski definition) is 4. The first-order valence-electron chi connectivity index (χ1n) is 6.23. The fraction of sp³-hybridized carbons (Fsp3) is 0.571. The number of nitrogens with zero attached hydrogens (tertiary/aromatic N) is 1. The molecule has 0 aliphatic rings. The van der Waals surface area contributed by atoms with Crippen LogP contribution in [0.1, 0.15) is 18.9 Å². The lowest BCUT2D eigenvalue weighted by molar-refractivity contribution is 0.247. The van der Waals surface area contributed by atoms with E-state index in [1.54, 1.807) is 7.11 Å². The number of benzene rings is 1. The van der Waals surface area contributed by atoms with E-state index < -0.39 is 0 Å². The highest BCUT2D eigenvalue weighted by Gasteiger charge is 2.12. The molecule has 0 heterocycles. The number of anilines is 1. The number of nitrogen functional groups attached to an aromatic ring is 1. The zero-order chi connectivity index (χ0) is 13.5. The molecule has 0 bridgehead atoms. The Kier molecular flexibility index (Phi) is 6.36. The highest BCUT2D eigenvalue weighted by molar-refractivity contribution is 7.98. The minimum atomic E-state index is 0.604. The van der Waals surface area contributed by atoms with Gasteiger partial charge in [-0.2, -0.15) is 11.8 Å². The number of methoxy groups -OCH3 is 1. The van der Waals surface area contributed by atoms with E-state index in [2.05, 4.69) is 31.2 Å². The number of hydrogen-bond donors (Lipinski definition) is 1. The van der Waals surface area contributed by atoms with Crippen LogP contribution in [-0.4, -0.2) is 37.1 Å². The molecular formula is C14H24N2OS. The van der Waals surface area contributed by atoms with Gasteiger partial charge in [-0.15, -0.1) is 0 Å². The Bertz CT molecular complexity index is 371. The molecule has 4 heteroatoms. The standard InChI is InChI=1S/C14H24N2OS/c1-5-13(10-18-4)16(2)9-11-6-12(15)8-14(7-11)17-3/h6-8,13H,5,9-10,15H2,1-4H3. The van der Waals surface area contributed by atoms with E-state index in [0.29, 0.717) is 6.04 Å². The summed E-state index contributed by atoms with van der Waals surface area (Å²) in [5.74, 6) is 1.99. The fourth-order valence-electron chi connectivity index (χ4n) is 2.06. The van der Waals surface area contributed by atoms with Crippen LogP contribution in [0.15, 0.2) is 18.2 Å². The summed E-state index contributed by atoms with van der Waals surface area (Å²) in [5.41, 5.74) is 7.84. The molecule has 102 valence electrons. The Morgan fingerprint density at radius 2 is 2.11 bits per heavy atom. The third-order valence-electron chi connectivity index (χ3n) is 3.11. The average molecular weight is 268 g/mol. The van der Waals surface area contributed by atoms with Crippen molar-refractivity contribution in [2.45, 2.75) is 25.9 Å². The minimum absolute atomic E-state index is 0.604. The van der Waals surface area contributed by atoms with Crippen molar-refractivity contribution in [3.8, 4) is 5.75 Å². The number of thioether (sulfide) groups is 1. The van der Waals surface area contributed by atoms with Crippen molar-refractivity contribution in [1.29, 1.82) is 0 Å². The first kappa shape index (κ1) is 15.2. The van der Waals surface area contributed by atoms with Crippen LogP contribution >= 0.6 is 11.8 Å². The topological polar surface area (TPSA) is 38.5 Å². The monoisotopic (exact) mass is 268 g/mol. The van der Waals surface area contributed by atoms with Gasteiger partial charge in [0.15, 0.2) is 0 Å². The van der Waals surface area contributed by atoms with Crippen molar-refractivity contribution >= 4 is 17.4 Å². The molecule has 0 aliphatic carbocycles. The van der Waals surface area contributed by atoms with Gasteiger partial charge in [0, 0.05) is 30.1 Å². The smallest absolute Gasteiger partial charge is 0.121 e. The summed E-state index contributed by atoms with van der Waals surface area (Å²) >= 11 is 1.89. The zero-order valence-electron chi connectivity index (χ0n) is 11.8. The van der Waals surface area contributed by atoms with Gasteiger partial charge in [0.05, 0.1) is 7.11 Å². The summed E-state index contributed by atoms with van der Waals surface area (Å²) in [7, 11) is 3.84. The largest absolute Gasteiger partial charge is 0.497 e. The van der Waals surface area contributed by atoms with Crippen molar-refractivity contribution in [2.24, 2.45) is 0 Å². The molecule has 1 unspecified atom stereocenters. The third-order valence-corrected chi connectivity index (χ3v) is 3.83. The first-order valence-corrected chi connectivity index (χ1v) is 7.62. The molecule has 1 aromatic rings. The quantitative estimate of drug-likeness (QED) is 0.772. The summed E-state index contributed by atoms with van der Waals surface area (Å²) in [6, 6.07) is 6.53. The van der Waals surface area contributed by atoms with E-state index in [4.69, 9.17) is 10.5 Å². The van der Waals surface area contributed by atoms with Crippen LogP contribution in [-0.2, 0) is 6.54 Å². The molecule has 18 heavy (non-hydrogen) atoms. The van der Waals surface area contributed by atoms with Gasteiger partial charge in [-0.1, -0.05) is 6.92 Å². The molecule has 0 saturated carbocycles. The van der Waals surface area contributed by atoms with Crippen molar-refractivity contribution in [1.82, 2.24) is 4.90 Å². The van der Waals surface area contributed by atoms with Crippen molar-refractivity contribution in [3.05, 3.63) is 23.8 Å². The van der Waals surface area contributed by atoms with Gasteiger partial charge in [-0.05, 0) is 37.4 Å². The number of nitrogens with two attached hydrogens (primary N) is 1. The Labute approximate surface area is 115 Å². The highest BCUT2D eigenvalue weighted by atomic mass is 32.2. The second-order valence-corrected chi connectivity index (χ2v) is 5.46. The van der Waals surface area contributed by atoms with Gasteiger partial charge in [0.2, 0.25) is 0 Å². The van der Waals surface area contributed by atoms with Crippen LogP contribution in [0, 0.1) is 0 Å². The first-order chi connectivity index (χ1) is 8.60.